The number of ether oxygens (including phenoxy) is 1. The fourth-order valence-corrected chi connectivity index (χ4v) is 2.74. The molecule has 1 atom stereocenters. The van der Waals surface area contributed by atoms with Crippen molar-refractivity contribution in [1.82, 2.24) is 0 Å². The summed E-state index contributed by atoms with van der Waals surface area (Å²) in [6.07, 6.45) is 6.81. The minimum atomic E-state index is -1.64. The Labute approximate surface area is 136 Å². The fraction of sp³-hybridized carbons (Fsp3) is 0.812. The number of carbonyl (C=O) groups is 1. The van der Waals surface area contributed by atoms with Crippen LogP contribution >= 0.6 is 0 Å². The summed E-state index contributed by atoms with van der Waals surface area (Å²) in [6, 6.07) is 0. The van der Waals surface area contributed by atoms with Crippen molar-refractivity contribution in [3.63, 3.8) is 0 Å². The van der Waals surface area contributed by atoms with Gasteiger partial charge in [-0.15, -0.1) is 0 Å². The number of hydrogen-bond donors (Lipinski definition) is 0. The van der Waals surface area contributed by atoms with Gasteiger partial charge in [-0.25, -0.2) is 4.79 Å². The lowest BCUT2D eigenvalue weighted by atomic mass is 10.2. The van der Waals surface area contributed by atoms with Crippen molar-refractivity contribution in [3.8, 4) is 0 Å². The Morgan fingerprint density at radius 2 is 1.55 bits per heavy atom. The topological polar surface area (TPSA) is 54.0 Å². The number of rotatable bonds is 15. The minimum Gasteiger partial charge on any atom is -0.460 e. The highest BCUT2D eigenvalue weighted by atomic mass is 28.3. The molecule has 1 unspecified atom stereocenters. The normalized spacial score (nSPS) is 12.4. The minimum absolute atomic E-state index is 0.133. The van der Waals surface area contributed by atoms with Crippen LogP contribution in [0.4, 0.5) is 0 Å². The van der Waals surface area contributed by atoms with Crippen LogP contribution in [0.15, 0.2) is 12.7 Å². The molecule has 0 amide bonds. The van der Waals surface area contributed by atoms with Gasteiger partial charge in [0.15, 0.2) is 0 Å². The predicted octanol–water partition coefficient (Wildman–Crippen LogP) is 3.52. The third-order valence-electron chi connectivity index (χ3n) is 2.89. The van der Waals surface area contributed by atoms with E-state index >= 15 is 0 Å². The van der Waals surface area contributed by atoms with E-state index < -0.39 is 9.53 Å². The van der Waals surface area contributed by atoms with Crippen LogP contribution in [-0.2, 0) is 22.8 Å². The van der Waals surface area contributed by atoms with Gasteiger partial charge in [-0.05, 0) is 32.6 Å². The van der Waals surface area contributed by atoms with Crippen molar-refractivity contribution in [2.45, 2.75) is 65.4 Å². The van der Waals surface area contributed by atoms with E-state index in [9.17, 15) is 4.79 Å². The van der Waals surface area contributed by atoms with Crippen molar-refractivity contribution in [1.29, 1.82) is 0 Å². The Balaban J connectivity index is 3.84. The maximum Gasteiger partial charge on any atom is 0.577 e. The van der Waals surface area contributed by atoms with Crippen molar-refractivity contribution >= 4 is 15.5 Å². The van der Waals surface area contributed by atoms with E-state index in [2.05, 4.69) is 20.4 Å². The highest BCUT2D eigenvalue weighted by Gasteiger charge is 2.19. The van der Waals surface area contributed by atoms with Crippen LogP contribution in [0.25, 0.3) is 0 Å². The van der Waals surface area contributed by atoms with Gasteiger partial charge >= 0.3 is 15.5 Å². The van der Waals surface area contributed by atoms with Gasteiger partial charge in [0.05, 0.1) is 6.10 Å². The quantitative estimate of drug-likeness (QED) is 0.199. The summed E-state index contributed by atoms with van der Waals surface area (Å²) in [5, 5.41) is 0. The zero-order valence-electron chi connectivity index (χ0n) is 14.3. The van der Waals surface area contributed by atoms with Crippen LogP contribution in [0.1, 0.15) is 59.3 Å². The summed E-state index contributed by atoms with van der Waals surface area (Å²) < 4.78 is 22.2. The molecule has 0 aliphatic rings. The Bertz CT molecular complexity index is 276. The van der Waals surface area contributed by atoms with E-state index in [0.29, 0.717) is 19.8 Å². The van der Waals surface area contributed by atoms with Crippen molar-refractivity contribution in [2.24, 2.45) is 0 Å². The second-order valence-electron chi connectivity index (χ2n) is 5.10. The molecule has 0 bridgehead atoms. The molecule has 22 heavy (non-hydrogen) atoms. The zero-order valence-corrected chi connectivity index (χ0v) is 15.3. The van der Waals surface area contributed by atoms with Gasteiger partial charge in [-0.2, -0.15) is 0 Å². The lowest BCUT2D eigenvalue weighted by Gasteiger charge is -2.16. The second kappa shape index (κ2) is 15.2. The second-order valence-corrected chi connectivity index (χ2v) is 6.46. The summed E-state index contributed by atoms with van der Waals surface area (Å²) >= 11 is 0. The Kier molecular flexibility index (Phi) is 14.7. The van der Waals surface area contributed by atoms with E-state index in [0.717, 1.165) is 38.5 Å². The lowest BCUT2D eigenvalue weighted by molar-refractivity contribution is -0.142. The molecule has 0 aliphatic heterocycles. The van der Waals surface area contributed by atoms with Gasteiger partial charge in [0, 0.05) is 25.9 Å². The molecule has 0 aromatic carbocycles. The maximum atomic E-state index is 11.1. The first-order valence-corrected chi connectivity index (χ1v) is 9.44. The molecule has 0 aromatic heterocycles. The smallest absolute Gasteiger partial charge is 0.460 e. The molecule has 0 aromatic rings. The third-order valence-corrected chi connectivity index (χ3v) is 4.21. The van der Waals surface area contributed by atoms with Gasteiger partial charge < -0.3 is 18.0 Å². The zero-order chi connectivity index (χ0) is 16.6. The van der Waals surface area contributed by atoms with Crippen LogP contribution in [0.3, 0.4) is 0 Å². The van der Waals surface area contributed by atoms with Crippen LogP contribution in [0.5, 0.6) is 0 Å². The molecule has 129 valence electrons. The lowest BCUT2D eigenvalue weighted by Crippen LogP contribution is -2.29. The molecule has 0 aliphatic carbocycles. The molecular weight excluding hydrogens is 300 g/mol. The molecule has 0 fully saturated rings. The molecule has 0 rings (SSSR count). The number of carbonyl (C=O) groups excluding carboxylic acids is 1. The van der Waals surface area contributed by atoms with Crippen LogP contribution in [0, 0.1) is 0 Å². The van der Waals surface area contributed by atoms with E-state index in [4.69, 9.17) is 18.0 Å². The van der Waals surface area contributed by atoms with Gasteiger partial charge in [-0.1, -0.05) is 33.3 Å². The van der Waals surface area contributed by atoms with Crippen molar-refractivity contribution in [3.05, 3.63) is 12.7 Å². The monoisotopic (exact) mass is 331 g/mol. The molecule has 5 nitrogen and oxygen atoms in total. The molecule has 0 saturated heterocycles. The Morgan fingerprint density at radius 3 is 2.00 bits per heavy atom. The highest BCUT2D eigenvalue weighted by molar-refractivity contribution is 6.36. The number of hydrogen-bond acceptors (Lipinski definition) is 5. The first kappa shape index (κ1) is 21.3. The Morgan fingerprint density at radius 1 is 1.05 bits per heavy atom. The third kappa shape index (κ3) is 13.0. The Hall–Kier alpha value is -0.693. The first-order valence-electron chi connectivity index (χ1n) is 8.22. The van der Waals surface area contributed by atoms with E-state index in [1.165, 1.54) is 6.08 Å². The molecular formula is C16H31O5Si. The average Bonchev–Trinajstić information content (AvgIpc) is 2.51. The van der Waals surface area contributed by atoms with Crippen LogP contribution < -0.4 is 0 Å². The largest absolute Gasteiger partial charge is 0.577 e. The fourth-order valence-electron chi connectivity index (χ4n) is 1.56. The van der Waals surface area contributed by atoms with E-state index in [-0.39, 0.29) is 12.1 Å². The number of esters is 1. The van der Waals surface area contributed by atoms with Gasteiger partial charge in [0.2, 0.25) is 0 Å². The van der Waals surface area contributed by atoms with Gasteiger partial charge in [0.25, 0.3) is 0 Å². The van der Waals surface area contributed by atoms with Gasteiger partial charge in [0.1, 0.15) is 0 Å². The summed E-state index contributed by atoms with van der Waals surface area (Å²) in [5.74, 6) is -0.385. The maximum absolute atomic E-state index is 11.1. The average molecular weight is 332 g/mol. The first-order chi connectivity index (χ1) is 10.6. The number of unbranched alkanes of at least 4 members (excludes halogenated alkanes) is 2. The SMILES string of the molecule is C=CC(=O)OC(C)CCCO[Si](OCCCC)OCCCC. The molecule has 1 radical (unpaired) electrons. The predicted molar refractivity (Wildman–Crippen MR) is 88.4 cm³/mol. The molecule has 0 heterocycles. The molecule has 0 N–H and O–H groups in total. The van der Waals surface area contributed by atoms with Crippen molar-refractivity contribution < 1.29 is 22.8 Å². The standard InChI is InChI=1S/C16H31O5Si/c1-5-8-12-18-22(19-13-9-6-2)20-14-10-11-15(4)21-16(17)7-3/h7,15H,3,5-6,8-14H2,1-2,4H3. The van der Waals surface area contributed by atoms with E-state index in [1.807, 2.05) is 6.92 Å². The van der Waals surface area contributed by atoms with Crippen molar-refractivity contribution in [2.75, 3.05) is 19.8 Å². The molecule has 0 spiro atoms. The highest BCUT2D eigenvalue weighted by Crippen LogP contribution is 2.05. The van der Waals surface area contributed by atoms with E-state index in [1.54, 1.807) is 0 Å². The molecule has 6 heteroatoms. The van der Waals surface area contributed by atoms with Gasteiger partial charge in [-0.3, -0.25) is 0 Å². The van der Waals surface area contributed by atoms with Crippen LogP contribution in [-0.4, -0.2) is 41.4 Å². The summed E-state index contributed by atoms with van der Waals surface area (Å²) in [5.41, 5.74) is 0. The molecule has 0 saturated carbocycles. The summed E-state index contributed by atoms with van der Waals surface area (Å²) in [7, 11) is -1.64. The summed E-state index contributed by atoms with van der Waals surface area (Å²) in [4.78, 5) is 11.1. The van der Waals surface area contributed by atoms with Crippen LogP contribution in [0.2, 0.25) is 0 Å². The summed E-state index contributed by atoms with van der Waals surface area (Å²) in [6.45, 7) is 11.4.